The molecule has 0 aliphatic carbocycles. The maximum atomic E-state index is 10.4. The maximum absolute atomic E-state index is 10.4. The molecule has 0 saturated heterocycles. The molecule has 29 heavy (non-hydrogen) atoms. The molecule has 0 radical (unpaired) electrons. The first-order chi connectivity index (χ1) is 13.9. The van der Waals surface area contributed by atoms with E-state index in [1.165, 1.54) is 11.1 Å². The van der Waals surface area contributed by atoms with Gasteiger partial charge < -0.3 is 5.11 Å². The molecule has 1 heterocycles. The Kier molecular flexibility index (Phi) is 4.85. The van der Waals surface area contributed by atoms with Crippen LogP contribution in [-0.2, 0) is 0 Å². The Morgan fingerprint density at radius 2 is 1.00 bits per heavy atom. The largest absolute Gasteiger partial charge is 0.507 e. The summed E-state index contributed by atoms with van der Waals surface area (Å²) in [6.45, 7) is 8.25. The minimum atomic E-state index is 0.150. The summed E-state index contributed by atoms with van der Waals surface area (Å²) in [6, 6.07) is 19.6. The Hall–Kier alpha value is -3.53. The van der Waals surface area contributed by atoms with Crippen LogP contribution in [0.1, 0.15) is 22.3 Å². The van der Waals surface area contributed by atoms with Gasteiger partial charge in [-0.05, 0) is 51.0 Å². The molecule has 0 atom stereocenters. The van der Waals surface area contributed by atoms with Crippen molar-refractivity contribution >= 4 is 0 Å². The number of phenols is 1. The molecule has 0 saturated carbocycles. The fourth-order valence-electron chi connectivity index (χ4n) is 3.53. The summed E-state index contributed by atoms with van der Waals surface area (Å²) in [7, 11) is 0. The Labute approximate surface area is 171 Å². The number of para-hydroxylation sites is 1. The molecule has 0 aliphatic rings. The average molecular weight is 381 g/mol. The summed E-state index contributed by atoms with van der Waals surface area (Å²) < 4.78 is 0. The van der Waals surface area contributed by atoms with E-state index < -0.39 is 0 Å². The van der Waals surface area contributed by atoms with Gasteiger partial charge in [0.1, 0.15) is 5.75 Å². The van der Waals surface area contributed by atoms with Gasteiger partial charge in [-0.3, -0.25) is 0 Å². The summed E-state index contributed by atoms with van der Waals surface area (Å²) in [5.41, 5.74) is 7.09. The third kappa shape index (κ3) is 3.74. The van der Waals surface area contributed by atoms with Gasteiger partial charge in [-0.15, -0.1) is 0 Å². The van der Waals surface area contributed by atoms with Gasteiger partial charge in [-0.1, -0.05) is 59.7 Å². The maximum Gasteiger partial charge on any atom is 0.167 e. The van der Waals surface area contributed by atoms with E-state index in [-0.39, 0.29) is 5.75 Å². The molecule has 4 aromatic rings. The van der Waals surface area contributed by atoms with Crippen LogP contribution in [-0.4, -0.2) is 20.1 Å². The van der Waals surface area contributed by atoms with E-state index in [9.17, 15) is 5.11 Å². The summed E-state index contributed by atoms with van der Waals surface area (Å²) >= 11 is 0. The lowest BCUT2D eigenvalue weighted by Crippen LogP contribution is -2.02. The number of aromatic hydroxyl groups is 1. The van der Waals surface area contributed by atoms with Crippen molar-refractivity contribution in [1.82, 2.24) is 15.0 Å². The number of rotatable bonds is 3. The quantitative estimate of drug-likeness (QED) is 0.486. The zero-order valence-electron chi connectivity index (χ0n) is 17.1. The molecule has 4 rings (SSSR count). The molecule has 1 aromatic heterocycles. The fraction of sp³-hybridized carbons (Fsp3) is 0.160. The first-order valence-electron chi connectivity index (χ1n) is 9.62. The van der Waals surface area contributed by atoms with E-state index in [1.54, 1.807) is 12.1 Å². The Morgan fingerprint density at radius 3 is 1.45 bits per heavy atom. The van der Waals surface area contributed by atoms with E-state index in [4.69, 9.17) is 15.0 Å². The van der Waals surface area contributed by atoms with Gasteiger partial charge in [0.2, 0.25) is 0 Å². The van der Waals surface area contributed by atoms with Gasteiger partial charge >= 0.3 is 0 Å². The smallest absolute Gasteiger partial charge is 0.167 e. The standard InChI is InChI=1S/C25H23N3O/c1-15-9-11-19(17(3)13-15)23-26-24(20-12-10-16(2)14-18(20)4)28-25(27-23)21-7-5-6-8-22(21)29/h5-14,29H,1-4H3. The zero-order valence-corrected chi connectivity index (χ0v) is 17.1. The number of aromatic nitrogens is 3. The van der Waals surface area contributed by atoms with Gasteiger partial charge in [0.15, 0.2) is 17.5 Å². The van der Waals surface area contributed by atoms with Crippen LogP contribution in [0.15, 0.2) is 60.7 Å². The summed E-state index contributed by atoms with van der Waals surface area (Å²) in [5.74, 6) is 1.82. The topological polar surface area (TPSA) is 58.9 Å². The molecule has 0 aliphatic heterocycles. The van der Waals surface area contributed by atoms with Crippen LogP contribution in [0.4, 0.5) is 0 Å². The molecule has 4 nitrogen and oxygen atoms in total. The van der Waals surface area contributed by atoms with Gasteiger partial charge in [-0.2, -0.15) is 0 Å². The number of nitrogens with zero attached hydrogens (tertiary/aromatic N) is 3. The number of benzene rings is 3. The summed E-state index contributed by atoms with van der Waals surface area (Å²) in [4.78, 5) is 14.2. The molecule has 1 N–H and O–H groups in total. The minimum Gasteiger partial charge on any atom is -0.507 e. The molecule has 0 fully saturated rings. The van der Waals surface area contributed by atoms with E-state index in [2.05, 4.69) is 52.0 Å². The van der Waals surface area contributed by atoms with Crippen molar-refractivity contribution in [3.05, 3.63) is 82.9 Å². The number of aryl methyl sites for hydroxylation is 4. The molecule has 0 bridgehead atoms. The lowest BCUT2D eigenvalue weighted by atomic mass is 10.0. The van der Waals surface area contributed by atoms with Crippen molar-refractivity contribution in [2.75, 3.05) is 0 Å². The molecular weight excluding hydrogens is 358 g/mol. The van der Waals surface area contributed by atoms with Crippen LogP contribution >= 0.6 is 0 Å². The Balaban J connectivity index is 1.98. The van der Waals surface area contributed by atoms with Gasteiger partial charge in [0.05, 0.1) is 5.56 Å². The summed E-state index contributed by atoms with van der Waals surface area (Å²) in [5, 5.41) is 10.4. The first kappa shape index (κ1) is 18.8. The highest BCUT2D eigenvalue weighted by molar-refractivity contribution is 5.71. The van der Waals surface area contributed by atoms with Crippen molar-refractivity contribution in [3.63, 3.8) is 0 Å². The van der Waals surface area contributed by atoms with Crippen molar-refractivity contribution in [2.24, 2.45) is 0 Å². The zero-order chi connectivity index (χ0) is 20.5. The highest BCUT2D eigenvalue weighted by Crippen LogP contribution is 2.31. The second kappa shape index (κ2) is 7.47. The van der Waals surface area contributed by atoms with Crippen LogP contribution in [0.2, 0.25) is 0 Å². The van der Waals surface area contributed by atoms with Crippen LogP contribution in [0.25, 0.3) is 34.2 Å². The van der Waals surface area contributed by atoms with Crippen molar-refractivity contribution in [2.45, 2.75) is 27.7 Å². The number of hydrogen-bond donors (Lipinski definition) is 1. The Morgan fingerprint density at radius 1 is 0.552 bits per heavy atom. The molecule has 0 unspecified atom stereocenters. The van der Waals surface area contributed by atoms with Crippen LogP contribution in [0.5, 0.6) is 5.75 Å². The molecule has 0 spiro atoms. The molecule has 144 valence electrons. The van der Waals surface area contributed by atoms with Crippen molar-refractivity contribution in [3.8, 4) is 39.9 Å². The van der Waals surface area contributed by atoms with E-state index >= 15 is 0 Å². The van der Waals surface area contributed by atoms with Gasteiger partial charge in [0.25, 0.3) is 0 Å². The van der Waals surface area contributed by atoms with E-state index in [0.717, 1.165) is 22.3 Å². The fourth-order valence-corrected chi connectivity index (χ4v) is 3.53. The predicted octanol–water partition coefficient (Wildman–Crippen LogP) is 5.81. The van der Waals surface area contributed by atoms with E-state index in [0.29, 0.717) is 23.0 Å². The summed E-state index contributed by atoms with van der Waals surface area (Å²) in [6.07, 6.45) is 0. The first-order valence-corrected chi connectivity index (χ1v) is 9.62. The highest BCUT2D eigenvalue weighted by Gasteiger charge is 2.16. The molecule has 3 aromatic carbocycles. The third-order valence-electron chi connectivity index (χ3n) is 5.03. The number of hydrogen-bond acceptors (Lipinski definition) is 4. The van der Waals surface area contributed by atoms with Crippen LogP contribution < -0.4 is 0 Å². The molecule has 0 amide bonds. The highest BCUT2D eigenvalue weighted by atomic mass is 16.3. The lowest BCUT2D eigenvalue weighted by molar-refractivity contribution is 0.477. The van der Waals surface area contributed by atoms with Crippen molar-refractivity contribution < 1.29 is 5.11 Å². The van der Waals surface area contributed by atoms with Crippen molar-refractivity contribution in [1.29, 1.82) is 0 Å². The number of phenolic OH excluding ortho intramolecular Hbond substituents is 1. The van der Waals surface area contributed by atoms with E-state index in [1.807, 2.05) is 24.3 Å². The monoisotopic (exact) mass is 381 g/mol. The molecule has 4 heteroatoms. The SMILES string of the molecule is Cc1ccc(-c2nc(-c3ccc(C)cc3C)nc(-c3ccccc3O)n2)c(C)c1. The average Bonchev–Trinajstić information content (AvgIpc) is 2.68. The van der Waals surface area contributed by atoms with Gasteiger partial charge in [0, 0.05) is 11.1 Å². The van der Waals surface area contributed by atoms with Crippen LogP contribution in [0.3, 0.4) is 0 Å². The Bertz CT molecular complexity index is 1140. The minimum absolute atomic E-state index is 0.150. The van der Waals surface area contributed by atoms with Gasteiger partial charge in [-0.25, -0.2) is 15.0 Å². The third-order valence-corrected chi connectivity index (χ3v) is 5.03. The lowest BCUT2D eigenvalue weighted by Gasteiger charge is -2.12. The normalized spacial score (nSPS) is 10.9. The van der Waals surface area contributed by atoms with Crippen LogP contribution in [0, 0.1) is 27.7 Å². The predicted molar refractivity (Wildman–Crippen MR) is 117 cm³/mol. The second-order valence-corrected chi connectivity index (χ2v) is 7.46. The second-order valence-electron chi connectivity index (χ2n) is 7.46. The molecular formula is C25H23N3O.